The summed E-state index contributed by atoms with van der Waals surface area (Å²) in [6, 6.07) is 8.95. The van der Waals surface area contributed by atoms with Gasteiger partial charge in [-0.15, -0.1) is 0 Å². The second-order valence-corrected chi connectivity index (χ2v) is 10.5. The summed E-state index contributed by atoms with van der Waals surface area (Å²) in [6.45, 7) is 7.92. The van der Waals surface area contributed by atoms with E-state index in [1.165, 1.54) is 5.56 Å². The fraction of sp³-hybridized carbons (Fsp3) is 0.680. The molecular weight excluding hydrogens is 418 g/mol. The van der Waals surface area contributed by atoms with Crippen LogP contribution in [0.3, 0.4) is 0 Å². The highest BCUT2D eigenvalue weighted by Crippen LogP contribution is 2.47. The van der Waals surface area contributed by atoms with E-state index in [0.717, 1.165) is 70.6 Å². The lowest BCUT2D eigenvalue weighted by Gasteiger charge is -2.40. The van der Waals surface area contributed by atoms with Crippen molar-refractivity contribution in [1.29, 1.82) is 0 Å². The average molecular weight is 456 g/mol. The number of likely N-dealkylation sites (tertiary alicyclic amines) is 2. The van der Waals surface area contributed by atoms with Crippen molar-refractivity contribution >= 4 is 17.8 Å². The zero-order valence-corrected chi connectivity index (χ0v) is 20.2. The molecule has 0 aliphatic carbocycles. The number of carbonyl (C=O) groups is 2. The Morgan fingerprint density at radius 3 is 2.61 bits per heavy atom. The van der Waals surface area contributed by atoms with E-state index in [-0.39, 0.29) is 23.1 Å². The molecular formula is C25H37N5O3. The Morgan fingerprint density at radius 2 is 1.88 bits per heavy atom. The molecule has 3 amide bonds. The summed E-state index contributed by atoms with van der Waals surface area (Å²) < 4.78 is 5.32. The number of hydrogen-bond acceptors (Lipinski definition) is 5. The number of fused-ring (bicyclic) bond motifs is 2. The minimum atomic E-state index is -0.169. The number of piperidine rings is 1. The van der Waals surface area contributed by atoms with E-state index in [4.69, 9.17) is 4.74 Å². The zero-order chi connectivity index (χ0) is 23.2. The summed E-state index contributed by atoms with van der Waals surface area (Å²) in [6.07, 6.45) is 3.82. The van der Waals surface area contributed by atoms with Gasteiger partial charge < -0.3 is 24.8 Å². The second kappa shape index (κ2) is 8.47. The van der Waals surface area contributed by atoms with Crippen LogP contribution in [0.4, 0.5) is 15.3 Å². The molecule has 3 saturated heterocycles. The van der Waals surface area contributed by atoms with E-state index in [0.29, 0.717) is 12.6 Å². The molecule has 0 aromatic heterocycles. The third kappa shape index (κ3) is 3.97. The number of benzene rings is 1. The first-order valence-corrected chi connectivity index (χ1v) is 12.4. The highest BCUT2D eigenvalue weighted by atomic mass is 16.6. The molecule has 0 radical (unpaired) electrons. The van der Waals surface area contributed by atoms with Crippen LogP contribution >= 0.6 is 0 Å². The van der Waals surface area contributed by atoms with Crippen LogP contribution in [0.1, 0.15) is 38.2 Å². The van der Waals surface area contributed by atoms with Crippen LogP contribution < -0.4 is 10.2 Å². The SMILES string of the molecule is CCCOC(=O)N1CCC2(C1)NC2CN1CCC2(CC1)CN(C(=O)N(C)C)c1ccccc12. The third-order valence-electron chi connectivity index (χ3n) is 8.13. The van der Waals surface area contributed by atoms with E-state index >= 15 is 0 Å². The smallest absolute Gasteiger partial charge is 0.409 e. The number of para-hydroxylation sites is 1. The molecule has 2 unspecified atom stereocenters. The Morgan fingerprint density at radius 1 is 1.12 bits per heavy atom. The molecule has 1 aromatic carbocycles. The molecule has 1 N–H and O–H groups in total. The molecule has 0 bridgehead atoms. The van der Waals surface area contributed by atoms with Gasteiger partial charge in [0.05, 0.1) is 12.1 Å². The monoisotopic (exact) mass is 455 g/mol. The van der Waals surface area contributed by atoms with Gasteiger partial charge in [0.15, 0.2) is 0 Å². The van der Waals surface area contributed by atoms with Crippen LogP contribution in [-0.2, 0) is 10.2 Å². The minimum absolute atomic E-state index is 0.0562. The van der Waals surface area contributed by atoms with Gasteiger partial charge in [-0.1, -0.05) is 25.1 Å². The van der Waals surface area contributed by atoms with Gasteiger partial charge in [-0.05, 0) is 50.4 Å². The fourth-order valence-corrected chi connectivity index (χ4v) is 6.09. The Bertz CT molecular complexity index is 913. The van der Waals surface area contributed by atoms with Crippen LogP contribution in [0.15, 0.2) is 24.3 Å². The lowest BCUT2D eigenvalue weighted by atomic mass is 9.74. The molecule has 8 nitrogen and oxygen atoms in total. The van der Waals surface area contributed by atoms with Crippen molar-refractivity contribution in [3.8, 4) is 0 Å². The van der Waals surface area contributed by atoms with E-state index < -0.39 is 0 Å². The first kappa shape index (κ1) is 22.5. The molecule has 4 aliphatic rings. The molecule has 180 valence electrons. The first-order chi connectivity index (χ1) is 15.9. The van der Waals surface area contributed by atoms with Crippen molar-refractivity contribution in [2.75, 3.05) is 64.9 Å². The van der Waals surface area contributed by atoms with Gasteiger partial charge in [-0.25, -0.2) is 9.59 Å². The van der Waals surface area contributed by atoms with Crippen LogP contribution in [0.25, 0.3) is 0 Å². The summed E-state index contributed by atoms with van der Waals surface area (Å²) in [7, 11) is 3.65. The molecule has 33 heavy (non-hydrogen) atoms. The minimum Gasteiger partial charge on any atom is -0.449 e. The molecule has 4 heterocycles. The summed E-state index contributed by atoms with van der Waals surface area (Å²) in [5.74, 6) is 0. The van der Waals surface area contributed by atoms with E-state index in [1.807, 2.05) is 36.9 Å². The van der Waals surface area contributed by atoms with Gasteiger partial charge in [0.25, 0.3) is 0 Å². The Kier molecular flexibility index (Phi) is 5.77. The van der Waals surface area contributed by atoms with E-state index in [1.54, 1.807) is 4.90 Å². The molecule has 4 aliphatic heterocycles. The number of hydrogen-bond donors (Lipinski definition) is 1. The molecule has 0 saturated carbocycles. The van der Waals surface area contributed by atoms with Gasteiger partial charge in [0.1, 0.15) is 0 Å². The first-order valence-electron chi connectivity index (χ1n) is 12.4. The maximum Gasteiger partial charge on any atom is 0.409 e. The molecule has 2 spiro atoms. The zero-order valence-electron chi connectivity index (χ0n) is 20.2. The van der Waals surface area contributed by atoms with Crippen molar-refractivity contribution in [3.63, 3.8) is 0 Å². The Hall–Kier alpha value is -2.32. The predicted octanol–water partition coefficient (Wildman–Crippen LogP) is 2.48. The van der Waals surface area contributed by atoms with E-state index in [9.17, 15) is 9.59 Å². The summed E-state index contributed by atoms with van der Waals surface area (Å²) in [4.78, 5) is 33.1. The second-order valence-electron chi connectivity index (χ2n) is 10.5. The molecule has 2 atom stereocenters. The number of rotatable bonds is 4. The molecule has 5 rings (SSSR count). The summed E-state index contributed by atoms with van der Waals surface area (Å²) in [5.41, 5.74) is 2.54. The molecule has 3 fully saturated rings. The van der Waals surface area contributed by atoms with Crippen LogP contribution in [-0.4, -0.2) is 98.4 Å². The van der Waals surface area contributed by atoms with Crippen molar-refractivity contribution in [2.45, 2.75) is 49.6 Å². The fourth-order valence-electron chi connectivity index (χ4n) is 6.09. The highest BCUT2D eigenvalue weighted by molar-refractivity contribution is 5.95. The van der Waals surface area contributed by atoms with Crippen molar-refractivity contribution < 1.29 is 14.3 Å². The number of amides is 3. The Balaban J connectivity index is 1.17. The largest absolute Gasteiger partial charge is 0.449 e. The number of anilines is 1. The third-order valence-corrected chi connectivity index (χ3v) is 8.13. The van der Waals surface area contributed by atoms with Crippen molar-refractivity contribution in [2.24, 2.45) is 0 Å². The average Bonchev–Trinajstić information content (AvgIpc) is 3.15. The molecule has 1 aromatic rings. The maximum absolute atomic E-state index is 12.8. The van der Waals surface area contributed by atoms with Crippen molar-refractivity contribution in [1.82, 2.24) is 20.0 Å². The van der Waals surface area contributed by atoms with Gasteiger partial charge in [0.2, 0.25) is 0 Å². The van der Waals surface area contributed by atoms with E-state index in [2.05, 4.69) is 28.4 Å². The number of carbonyl (C=O) groups excluding carboxylic acids is 2. The van der Waals surface area contributed by atoms with Crippen LogP contribution in [0.2, 0.25) is 0 Å². The van der Waals surface area contributed by atoms with Gasteiger partial charge in [0, 0.05) is 57.4 Å². The lowest BCUT2D eigenvalue weighted by Crippen LogP contribution is -2.48. The standard InChI is InChI=1S/C25H37N5O3/c1-4-15-33-23(32)29-14-11-25(18-29)21(26-25)16-28-12-9-24(10-13-28)17-30(22(31)27(2)3)20-8-6-5-7-19(20)24/h5-8,21,26H,4,9-18H2,1-3H3. The van der Waals surface area contributed by atoms with Crippen LogP contribution in [0.5, 0.6) is 0 Å². The van der Waals surface area contributed by atoms with Crippen LogP contribution in [0, 0.1) is 0 Å². The normalized spacial score (nSPS) is 27.8. The number of nitrogens with zero attached hydrogens (tertiary/aromatic N) is 4. The summed E-state index contributed by atoms with van der Waals surface area (Å²) >= 11 is 0. The maximum atomic E-state index is 12.8. The highest BCUT2D eigenvalue weighted by Gasteiger charge is 2.58. The lowest BCUT2D eigenvalue weighted by molar-refractivity contribution is 0.109. The number of nitrogens with one attached hydrogen (secondary N) is 1. The van der Waals surface area contributed by atoms with Gasteiger partial charge in [-0.2, -0.15) is 0 Å². The topological polar surface area (TPSA) is 78.3 Å². The quantitative estimate of drug-likeness (QED) is 0.706. The van der Waals surface area contributed by atoms with Crippen molar-refractivity contribution in [3.05, 3.63) is 29.8 Å². The number of ether oxygens (including phenoxy) is 1. The Labute approximate surface area is 196 Å². The predicted molar refractivity (Wildman–Crippen MR) is 128 cm³/mol. The van der Waals surface area contributed by atoms with Gasteiger partial charge >= 0.3 is 12.1 Å². The van der Waals surface area contributed by atoms with Gasteiger partial charge in [-0.3, -0.25) is 4.90 Å². The molecule has 8 heteroatoms. The number of urea groups is 1. The summed E-state index contributed by atoms with van der Waals surface area (Å²) in [5, 5.41) is 3.69.